The second-order valence-electron chi connectivity index (χ2n) is 4.73. The molecule has 4 nitrogen and oxygen atoms in total. The lowest BCUT2D eigenvalue weighted by Crippen LogP contribution is -2.02. The first-order chi connectivity index (χ1) is 10.1. The average Bonchev–Trinajstić information content (AvgIpc) is 2.47. The highest BCUT2D eigenvalue weighted by atomic mass is 79.9. The number of hydrogen-bond acceptors (Lipinski definition) is 4. The summed E-state index contributed by atoms with van der Waals surface area (Å²) in [6.45, 7) is 4.43. The Hall–Kier alpha value is -1.75. The molecule has 0 saturated heterocycles. The van der Waals surface area contributed by atoms with Crippen LogP contribution in [0.15, 0.2) is 46.2 Å². The van der Waals surface area contributed by atoms with Crippen LogP contribution in [0.25, 0.3) is 0 Å². The molecule has 0 saturated carbocycles. The van der Waals surface area contributed by atoms with Crippen molar-refractivity contribution >= 4 is 21.6 Å². The number of pyridine rings is 2. The van der Waals surface area contributed by atoms with Gasteiger partial charge in [0.05, 0.1) is 5.69 Å². The van der Waals surface area contributed by atoms with Crippen LogP contribution in [0, 0.1) is 6.92 Å². The minimum Gasteiger partial charge on any atom is -0.396 e. The molecule has 0 aliphatic carbocycles. The Kier molecular flexibility index (Phi) is 5.87. The van der Waals surface area contributed by atoms with Gasteiger partial charge in [0, 0.05) is 11.4 Å². The Morgan fingerprint density at radius 3 is 2.76 bits per heavy atom. The Morgan fingerprint density at radius 2 is 2.00 bits per heavy atom. The summed E-state index contributed by atoms with van der Waals surface area (Å²) in [7, 11) is 0. The SMILES string of the molecule is C/C(=N\OCCCc1cccc(Br)n1)c1cccc(C)n1. The van der Waals surface area contributed by atoms with E-state index in [0.717, 1.165) is 40.2 Å². The van der Waals surface area contributed by atoms with Gasteiger partial charge in [-0.05, 0) is 66.9 Å². The third kappa shape index (κ3) is 5.27. The molecule has 5 heteroatoms. The molecule has 0 atom stereocenters. The summed E-state index contributed by atoms with van der Waals surface area (Å²) in [6.07, 6.45) is 1.75. The molecule has 0 N–H and O–H groups in total. The van der Waals surface area contributed by atoms with Gasteiger partial charge in [0.15, 0.2) is 0 Å². The molecule has 2 heterocycles. The van der Waals surface area contributed by atoms with Crippen LogP contribution in [0.4, 0.5) is 0 Å². The maximum atomic E-state index is 5.35. The van der Waals surface area contributed by atoms with Gasteiger partial charge in [0.25, 0.3) is 0 Å². The lowest BCUT2D eigenvalue weighted by Gasteiger charge is -2.03. The van der Waals surface area contributed by atoms with E-state index in [2.05, 4.69) is 31.1 Å². The molecule has 2 aromatic rings. The molecule has 0 amide bonds. The summed E-state index contributed by atoms with van der Waals surface area (Å²) in [5, 5.41) is 4.11. The van der Waals surface area contributed by atoms with Gasteiger partial charge in [-0.15, -0.1) is 0 Å². The van der Waals surface area contributed by atoms with Crippen LogP contribution in [0.2, 0.25) is 0 Å². The Morgan fingerprint density at radius 1 is 1.19 bits per heavy atom. The molecule has 0 aliphatic heterocycles. The predicted molar refractivity (Wildman–Crippen MR) is 87.4 cm³/mol. The number of hydrogen-bond donors (Lipinski definition) is 0. The molecule has 0 bridgehead atoms. The van der Waals surface area contributed by atoms with Gasteiger partial charge in [0.2, 0.25) is 0 Å². The number of oxime groups is 1. The second-order valence-corrected chi connectivity index (χ2v) is 5.54. The van der Waals surface area contributed by atoms with Crippen molar-refractivity contribution in [2.75, 3.05) is 6.61 Å². The highest BCUT2D eigenvalue weighted by Gasteiger charge is 2.00. The number of aryl methyl sites for hydroxylation is 2. The Balaban J connectivity index is 1.77. The molecule has 0 aliphatic rings. The first-order valence-electron chi connectivity index (χ1n) is 6.87. The standard InChI is InChI=1S/C16H18BrN3O/c1-12-6-3-9-15(18-12)13(2)20-21-11-5-8-14-7-4-10-16(17)19-14/h3-4,6-7,9-10H,5,8,11H2,1-2H3/b20-13+. The van der Waals surface area contributed by atoms with E-state index < -0.39 is 0 Å². The quantitative estimate of drug-likeness (QED) is 0.344. The highest BCUT2D eigenvalue weighted by molar-refractivity contribution is 9.10. The van der Waals surface area contributed by atoms with Gasteiger partial charge in [-0.2, -0.15) is 0 Å². The molecule has 110 valence electrons. The number of halogens is 1. The fraction of sp³-hybridized carbons (Fsp3) is 0.312. The average molecular weight is 348 g/mol. The highest BCUT2D eigenvalue weighted by Crippen LogP contribution is 2.08. The fourth-order valence-electron chi connectivity index (χ4n) is 1.84. The van der Waals surface area contributed by atoms with Crippen molar-refractivity contribution in [1.29, 1.82) is 0 Å². The van der Waals surface area contributed by atoms with Crippen LogP contribution in [0.3, 0.4) is 0 Å². The third-order valence-corrected chi connectivity index (χ3v) is 3.34. The van der Waals surface area contributed by atoms with E-state index in [1.807, 2.05) is 50.2 Å². The van der Waals surface area contributed by atoms with Crippen molar-refractivity contribution in [3.63, 3.8) is 0 Å². The van der Waals surface area contributed by atoms with Gasteiger partial charge in [-0.25, -0.2) is 4.98 Å². The van der Waals surface area contributed by atoms with E-state index in [9.17, 15) is 0 Å². The van der Waals surface area contributed by atoms with Gasteiger partial charge in [-0.1, -0.05) is 17.3 Å². The van der Waals surface area contributed by atoms with Crippen molar-refractivity contribution in [2.45, 2.75) is 26.7 Å². The normalized spacial score (nSPS) is 11.5. The molecule has 0 radical (unpaired) electrons. The van der Waals surface area contributed by atoms with Crippen LogP contribution < -0.4 is 0 Å². The van der Waals surface area contributed by atoms with E-state index in [0.29, 0.717) is 6.61 Å². The smallest absolute Gasteiger partial charge is 0.117 e. The topological polar surface area (TPSA) is 47.4 Å². The summed E-state index contributed by atoms with van der Waals surface area (Å²) in [4.78, 5) is 14.1. The molecule has 21 heavy (non-hydrogen) atoms. The molecule has 0 unspecified atom stereocenters. The van der Waals surface area contributed by atoms with E-state index >= 15 is 0 Å². The van der Waals surface area contributed by atoms with Gasteiger partial charge >= 0.3 is 0 Å². The number of rotatable bonds is 6. The minimum absolute atomic E-state index is 0.567. The van der Waals surface area contributed by atoms with Gasteiger partial charge in [0.1, 0.15) is 16.9 Å². The first kappa shape index (κ1) is 15.6. The van der Waals surface area contributed by atoms with Crippen LogP contribution in [0.5, 0.6) is 0 Å². The van der Waals surface area contributed by atoms with Crippen LogP contribution in [0.1, 0.15) is 30.4 Å². The molecular weight excluding hydrogens is 330 g/mol. The first-order valence-corrected chi connectivity index (χ1v) is 7.66. The largest absolute Gasteiger partial charge is 0.396 e. The summed E-state index contributed by atoms with van der Waals surface area (Å²) < 4.78 is 0.861. The van der Waals surface area contributed by atoms with Crippen molar-refractivity contribution in [3.05, 3.63) is 58.1 Å². The molecule has 0 spiro atoms. The van der Waals surface area contributed by atoms with Gasteiger partial charge < -0.3 is 4.84 Å². The van der Waals surface area contributed by atoms with Crippen molar-refractivity contribution in [2.24, 2.45) is 5.16 Å². The van der Waals surface area contributed by atoms with Gasteiger partial charge in [-0.3, -0.25) is 4.98 Å². The zero-order chi connectivity index (χ0) is 15.1. The fourth-order valence-corrected chi connectivity index (χ4v) is 2.22. The van der Waals surface area contributed by atoms with Crippen molar-refractivity contribution < 1.29 is 4.84 Å². The van der Waals surface area contributed by atoms with E-state index in [4.69, 9.17) is 4.84 Å². The van der Waals surface area contributed by atoms with Crippen molar-refractivity contribution in [1.82, 2.24) is 9.97 Å². The zero-order valence-electron chi connectivity index (χ0n) is 12.2. The lowest BCUT2D eigenvalue weighted by molar-refractivity contribution is 0.141. The van der Waals surface area contributed by atoms with Crippen LogP contribution in [-0.4, -0.2) is 22.3 Å². The number of nitrogens with zero attached hydrogens (tertiary/aromatic N) is 3. The Labute approximate surface area is 133 Å². The zero-order valence-corrected chi connectivity index (χ0v) is 13.8. The molecule has 0 aromatic carbocycles. The van der Waals surface area contributed by atoms with E-state index in [1.165, 1.54) is 0 Å². The summed E-state index contributed by atoms with van der Waals surface area (Å²) in [5.41, 5.74) is 3.67. The molecular formula is C16H18BrN3O. The van der Waals surface area contributed by atoms with E-state index in [1.54, 1.807) is 0 Å². The summed E-state index contributed by atoms with van der Waals surface area (Å²) in [6, 6.07) is 11.8. The Bertz CT molecular complexity index is 628. The van der Waals surface area contributed by atoms with Crippen molar-refractivity contribution in [3.8, 4) is 0 Å². The lowest BCUT2D eigenvalue weighted by atomic mass is 10.2. The maximum absolute atomic E-state index is 5.35. The summed E-state index contributed by atoms with van der Waals surface area (Å²) in [5.74, 6) is 0. The van der Waals surface area contributed by atoms with E-state index in [-0.39, 0.29) is 0 Å². The molecule has 2 rings (SSSR count). The predicted octanol–water partition coefficient (Wildman–Crippen LogP) is 3.92. The van der Waals surface area contributed by atoms with Crippen LogP contribution >= 0.6 is 15.9 Å². The molecule has 2 aromatic heterocycles. The second kappa shape index (κ2) is 7.88. The number of aromatic nitrogens is 2. The maximum Gasteiger partial charge on any atom is 0.117 e. The monoisotopic (exact) mass is 347 g/mol. The summed E-state index contributed by atoms with van der Waals surface area (Å²) >= 11 is 3.36. The third-order valence-electron chi connectivity index (χ3n) is 2.90. The minimum atomic E-state index is 0.567. The van der Waals surface area contributed by atoms with Crippen LogP contribution in [-0.2, 0) is 11.3 Å². The molecule has 0 fully saturated rings.